The zero-order chi connectivity index (χ0) is 19.5. The van der Waals surface area contributed by atoms with Crippen molar-refractivity contribution in [3.8, 4) is 5.88 Å². The summed E-state index contributed by atoms with van der Waals surface area (Å²) in [5.74, 6) is -3.01. The highest BCUT2D eigenvalue weighted by molar-refractivity contribution is 5.94. The standard InChI is InChI=1S/C13H10F6N4O3/c1-6-2-7(3-21-10(6)25-5-12(14,15)16)9(24)20-4-8-22-11(23-26-8)13(17,18)19/h2-3H,4-5H2,1H3,(H,20,24). The molecular formula is C13H10F6N4O3. The average molecular weight is 384 g/mol. The molecule has 0 fully saturated rings. The van der Waals surface area contributed by atoms with Crippen LogP contribution in [0, 0.1) is 6.92 Å². The molecule has 0 aromatic carbocycles. The Balaban J connectivity index is 1.97. The van der Waals surface area contributed by atoms with Gasteiger partial charge < -0.3 is 14.6 Å². The average Bonchev–Trinajstić information content (AvgIpc) is 2.99. The number of alkyl halides is 6. The van der Waals surface area contributed by atoms with Crippen LogP contribution in [0.1, 0.15) is 27.6 Å². The molecule has 1 N–H and O–H groups in total. The summed E-state index contributed by atoms with van der Waals surface area (Å²) in [5.41, 5.74) is 0.122. The lowest BCUT2D eigenvalue weighted by molar-refractivity contribution is -0.154. The third kappa shape index (κ3) is 5.32. The molecule has 0 saturated carbocycles. The first-order chi connectivity index (χ1) is 12.0. The number of nitrogens with zero attached hydrogens (tertiary/aromatic N) is 3. The zero-order valence-corrected chi connectivity index (χ0v) is 12.9. The molecule has 0 unspecified atom stereocenters. The molecule has 13 heteroatoms. The van der Waals surface area contributed by atoms with Gasteiger partial charge in [-0.25, -0.2) is 4.98 Å². The number of hydrogen-bond donors (Lipinski definition) is 1. The van der Waals surface area contributed by atoms with Gasteiger partial charge in [0, 0.05) is 11.8 Å². The fourth-order valence-corrected chi connectivity index (χ4v) is 1.69. The summed E-state index contributed by atoms with van der Waals surface area (Å²) >= 11 is 0. The van der Waals surface area contributed by atoms with Crippen LogP contribution in [0.3, 0.4) is 0 Å². The van der Waals surface area contributed by atoms with Crippen molar-refractivity contribution in [2.45, 2.75) is 25.8 Å². The number of nitrogens with one attached hydrogen (secondary N) is 1. The van der Waals surface area contributed by atoms with E-state index in [-0.39, 0.29) is 17.0 Å². The van der Waals surface area contributed by atoms with E-state index in [0.29, 0.717) is 0 Å². The Hall–Kier alpha value is -2.86. The maximum Gasteiger partial charge on any atom is 0.455 e. The smallest absolute Gasteiger partial charge is 0.455 e. The highest BCUT2D eigenvalue weighted by Crippen LogP contribution is 2.26. The molecule has 26 heavy (non-hydrogen) atoms. The maximum atomic E-state index is 12.3. The van der Waals surface area contributed by atoms with E-state index >= 15 is 0 Å². The highest BCUT2D eigenvalue weighted by Gasteiger charge is 2.37. The minimum atomic E-state index is -4.78. The quantitative estimate of drug-likeness (QED) is 0.798. The molecule has 2 aromatic heterocycles. The van der Waals surface area contributed by atoms with Gasteiger partial charge in [-0.2, -0.15) is 31.3 Å². The number of amides is 1. The monoisotopic (exact) mass is 384 g/mol. The second kappa shape index (κ2) is 7.17. The van der Waals surface area contributed by atoms with Crippen LogP contribution >= 0.6 is 0 Å². The van der Waals surface area contributed by atoms with Crippen molar-refractivity contribution in [2.24, 2.45) is 0 Å². The highest BCUT2D eigenvalue weighted by atomic mass is 19.4. The van der Waals surface area contributed by atoms with E-state index in [1.807, 2.05) is 0 Å². The first-order valence-corrected chi connectivity index (χ1v) is 6.80. The molecule has 0 bridgehead atoms. The summed E-state index contributed by atoms with van der Waals surface area (Å²) in [6.07, 6.45) is -8.36. The molecule has 0 spiro atoms. The second-order valence-electron chi connectivity index (χ2n) is 4.94. The van der Waals surface area contributed by atoms with Gasteiger partial charge in [0.15, 0.2) is 6.61 Å². The van der Waals surface area contributed by atoms with Gasteiger partial charge in [0.1, 0.15) is 0 Å². The van der Waals surface area contributed by atoms with Gasteiger partial charge in [-0.1, -0.05) is 5.16 Å². The van der Waals surface area contributed by atoms with Gasteiger partial charge in [-0.05, 0) is 13.0 Å². The van der Waals surface area contributed by atoms with Crippen molar-refractivity contribution in [3.63, 3.8) is 0 Å². The lowest BCUT2D eigenvalue weighted by Gasteiger charge is -2.11. The van der Waals surface area contributed by atoms with Crippen LogP contribution in [0.5, 0.6) is 5.88 Å². The number of halogens is 6. The van der Waals surface area contributed by atoms with E-state index in [1.165, 1.54) is 13.0 Å². The van der Waals surface area contributed by atoms with Crippen molar-refractivity contribution in [1.82, 2.24) is 20.4 Å². The molecule has 1 amide bonds. The Kier molecular flexibility index (Phi) is 5.37. The third-order valence-electron chi connectivity index (χ3n) is 2.79. The Morgan fingerprint density at radius 3 is 2.50 bits per heavy atom. The van der Waals surface area contributed by atoms with E-state index in [9.17, 15) is 31.1 Å². The van der Waals surface area contributed by atoms with E-state index in [0.717, 1.165) is 6.20 Å². The van der Waals surface area contributed by atoms with E-state index in [4.69, 9.17) is 0 Å². The van der Waals surface area contributed by atoms with Crippen LogP contribution in [0.15, 0.2) is 16.8 Å². The third-order valence-corrected chi connectivity index (χ3v) is 2.79. The lowest BCUT2D eigenvalue weighted by Crippen LogP contribution is -2.24. The molecule has 2 heterocycles. The molecule has 0 aliphatic rings. The predicted octanol–water partition coefficient (Wildman–Crippen LogP) is 2.66. The largest absolute Gasteiger partial charge is 0.468 e. The van der Waals surface area contributed by atoms with Gasteiger partial charge in [0.05, 0.1) is 12.1 Å². The fraction of sp³-hybridized carbons (Fsp3) is 0.385. The Morgan fingerprint density at radius 1 is 1.27 bits per heavy atom. The van der Waals surface area contributed by atoms with Gasteiger partial charge in [-0.15, -0.1) is 0 Å². The van der Waals surface area contributed by atoms with E-state index in [1.54, 1.807) is 0 Å². The molecule has 142 valence electrons. The fourth-order valence-electron chi connectivity index (χ4n) is 1.69. The van der Waals surface area contributed by atoms with Crippen LogP contribution < -0.4 is 10.1 Å². The van der Waals surface area contributed by atoms with Crippen molar-refractivity contribution in [2.75, 3.05) is 6.61 Å². The summed E-state index contributed by atoms with van der Waals surface area (Å²) in [7, 11) is 0. The van der Waals surface area contributed by atoms with Crippen LogP contribution in [0.2, 0.25) is 0 Å². The number of pyridine rings is 1. The Bertz CT molecular complexity index is 787. The summed E-state index contributed by atoms with van der Waals surface area (Å²) in [6.45, 7) is -0.637. The van der Waals surface area contributed by atoms with Gasteiger partial charge >= 0.3 is 12.4 Å². The van der Waals surface area contributed by atoms with Crippen LogP contribution in [0.25, 0.3) is 0 Å². The van der Waals surface area contributed by atoms with Crippen molar-refractivity contribution < 1.29 is 40.4 Å². The number of carbonyl (C=O) groups is 1. The Labute approximate surface area is 141 Å². The number of hydrogen-bond acceptors (Lipinski definition) is 6. The first-order valence-electron chi connectivity index (χ1n) is 6.80. The zero-order valence-electron chi connectivity index (χ0n) is 12.9. The first kappa shape index (κ1) is 19.5. The van der Waals surface area contributed by atoms with E-state index in [2.05, 4.69) is 29.7 Å². The molecular weight excluding hydrogens is 374 g/mol. The van der Waals surface area contributed by atoms with Crippen LogP contribution in [0.4, 0.5) is 26.3 Å². The predicted molar refractivity (Wildman–Crippen MR) is 71.0 cm³/mol. The molecule has 7 nitrogen and oxygen atoms in total. The number of carbonyl (C=O) groups excluding carboxylic acids is 1. The topological polar surface area (TPSA) is 90.1 Å². The Morgan fingerprint density at radius 2 is 1.96 bits per heavy atom. The normalized spacial score (nSPS) is 12.1. The summed E-state index contributed by atoms with van der Waals surface area (Å²) in [5, 5.41) is 4.94. The SMILES string of the molecule is Cc1cc(C(=O)NCc2nc(C(F)(F)F)no2)cnc1OCC(F)(F)F. The lowest BCUT2D eigenvalue weighted by atomic mass is 10.2. The van der Waals surface area contributed by atoms with Gasteiger partial charge in [0.25, 0.3) is 11.7 Å². The molecule has 0 aliphatic carbocycles. The number of aromatic nitrogens is 3. The summed E-state index contributed by atoms with van der Waals surface area (Å²) in [4.78, 5) is 18.6. The minimum Gasteiger partial charge on any atom is -0.468 e. The molecule has 0 radical (unpaired) electrons. The van der Waals surface area contributed by atoms with Gasteiger partial charge in [0.2, 0.25) is 11.8 Å². The molecule has 2 rings (SSSR count). The van der Waals surface area contributed by atoms with Crippen molar-refractivity contribution in [3.05, 3.63) is 35.1 Å². The molecule has 0 atom stereocenters. The second-order valence-corrected chi connectivity index (χ2v) is 4.94. The summed E-state index contributed by atoms with van der Waals surface area (Å²) in [6, 6.07) is 1.21. The van der Waals surface area contributed by atoms with Crippen molar-refractivity contribution >= 4 is 5.91 Å². The van der Waals surface area contributed by atoms with Gasteiger partial charge in [-0.3, -0.25) is 4.79 Å². The molecule has 2 aromatic rings. The number of aryl methyl sites for hydroxylation is 1. The molecule has 0 aliphatic heterocycles. The summed E-state index contributed by atoms with van der Waals surface area (Å²) < 4.78 is 82.1. The maximum absolute atomic E-state index is 12.3. The van der Waals surface area contributed by atoms with Crippen molar-refractivity contribution in [1.29, 1.82) is 0 Å². The molecule has 0 saturated heterocycles. The van der Waals surface area contributed by atoms with E-state index < -0.39 is 43.1 Å². The van der Waals surface area contributed by atoms with Crippen LogP contribution in [-0.2, 0) is 12.7 Å². The number of ether oxygens (including phenoxy) is 1. The minimum absolute atomic E-state index is 0.0441. The number of rotatable bonds is 5. The van der Waals surface area contributed by atoms with Crippen LogP contribution in [-0.4, -0.2) is 33.8 Å².